The molecule has 1 aliphatic rings. The molecule has 26 heavy (non-hydrogen) atoms. The molecule has 1 aromatic carbocycles. The lowest BCUT2D eigenvalue weighted by atomic mass is 9.96. The predicted octanol–water partition coefficient (Wildman–Crippen LogP) is 0.672. The van der Waals surface area contributed by atoms with E-state index in [1.807, 2.05) is 0 Å². The van der Waals surface area contributed by atoms with Crippen LogP contribution in [0, 0.1) is 5.92 Å². The van der Waals surface area contributed by atoms with E-state index in [1.165, 1.54) is 30.0 Å². The number of benzene rings is 1. The molecular weight excluding hydrogens is 342 g/mol. The van der Waals surface area contributed by atoms with Gasteiger partial charge in [0.2, 0.25) is 5.91 Å². The first-order chi connectivity index (χ1) is 12.2. The highest BCUT2D eigenvalue weighted by atomic mass is 16.4. The van der Waals surface area contributed by atoms with Crippen LogP contribution < -0.4 is 0 Å². The Balaban J connectivity index is 1.93. The van der Waals surface area contributed by atoms with Gasteiger partial charge in [-0.1, -0.05) is 13.0 Å². The van der Waals surface area contributed by atoms with Gasteiger partial charge in [0.25, 0.3) is 0 Å². The van der Waals surface area contributed by atoms with E-state index in [0.29, 0.717) is 24.9 Å². The largest absolute Gasteiger partial charge is 0.504 e. The molecule has 8 heteroatoms. The number of likely N-dealkylation sites (tertiary alicyclic amines) is 1. The number of aliphatic carboxylic acids is 1. The second-order valence-corrected chi connectivity index (χ2v) is 6.64. The molecule has 1 amide bonds. The standard InChI is InChI=1S/C18H23NO7/c1-10(17(24)19-6-2-3-12(19)18(25)26)7-14(21)16(23)9-11-4-5-13(20)15(22)8-11/h4-5,8,10,12,16,20,22-23H,2-3,6-7,9H2,1H3,(H,25,26)/t10-,12+,16-/m1/s1. The molecule has 0 aliphatic carbocycles. The van der Waals surface area contributed by atoms with Crippen molar-refractivity contribution in [3.63, 3.8) is 0 Å². The monoisotopic (exact) mass is 365 g/mol. The van der Waals surface area contributed by atoms with Crippen LogP contribution in [0.4, 0.5) is 0 Å². The van der Waals surface area contributed by atoms with Gasteiger partial charge in [0.05, 0.1) is 0 Å². The molecule has 142 valence electrons. The van der Waals surface area contributed by atoms with Gasteiger partial charge in [-0.3, -0.25) is 9.59 Å². The number of carbonyl (C=O) groups excluding carboxylic acids is 2. The quantitative estimate of drug-likeness (QED) is 0.522. The third-order valence-corrected chi connectivity index (χ3v) is 4.59. The fourth-order valence-electron chi connectivity index (χ4n) is 3.13. The number of amides is 1. The van der Waals surface area contributed by atoms with E-state index in [4.69, 9.17) is 5.11 Å². The number of nitrogens with zero attached hydrogens (tertiary/aromatic N) is 1. The minimum atomic E-state index is -1.36. The molecule has 1 aromatic rings. The molecular formula is C18H23NO7. The highest BCUT2D eigenvalue weighted by Gasteiger charge is 2.36. The normalized spacial score (nSPS) is 19.2. The molecule has 0 unspecified atom stereocenters. The lowest BCUT2D eigenvalue weighted by Gasteiger charge is -2.25. The molecule has 2 rings (SSSR count). The second kappa shape index (κ2) is 8.18. The Kier molecular flexibility index (Phi) is 6.20. The molecule has 0 spiro atoms. The molecule has 1 aliphatic heterocycles. The lowest BCUT2D eigenvalue weighted by Crippen LogP contribution is -2.43. The Morgan fingerprint density at radius 2 is 1.92 bits per heavy atom. The van der Waals surface area contributed by atoms with Crippen molar-refractivity contribution in [2.75, 3.05) is 6.54 Å². The summed E-state index contributed by atoms with van der Waals surface area (Å²) in [4.78, 5) is 37.1. The minimum Gasteiger partial charge on any atom is -0.504 e. The van der Waals surface area contributed by atoms with Crippen LogP contribution in [-0.2, 0) is 20.8 Å². The highest BCUT2D eigenvalue weighted by Crippen LogP contribution is 2.26. The summed E-state index contributed by atoms with van der Waals surface area (Å²) in [6.45, 7) is 1.89. The number of carbonyl (C=O) groups is 3. The Labute approximate surface area is 150 Å². The van der Waals surface area contributed by atoms with E-state index in [2.05, 4.69) is 0 Å². The topological polar surface area (TPSA) is 135 Å². The minimum absolute atomic E-state index is 0.0605. The first-order valence-electron chi connectivity index (χ1n) is 8.45. The summed E-state index contributed by atoms with van der Waals surface area (Å²) < 4.78 is 0. The summed E-state index contributed by atoms with van der Waals surface area (Å²) in [7, 11) is 0. The summed E-state index contributed by atoms with van der Waals surface area (Å²) in [6.07, 6.45) is -0.615. The van der Waals surface area contributed by atoms with Crippen molar-refractivity contribution >= 4 is 17.7 Å². The van der Waals surface area contributed by atoms with Gasteiger partial charge in [-0.2, -0.15) is 0 Å². The maximum Gasteiger partial charge on any atom is 0.326 e. The van der Waals surface area contributed by atoms with Crippen LogP contribution >= 0.6 is 0 Å². The lowest BCUT2D eigenvalue weighted by molar-refractivity contribution is -0.150. The van der Waals surface area contributed by atoms with Crippen LogP contribution in [0.5, 0.6) is 11.5 Å². The summed E-state index contributed by atoms with van der Waals surface area (Å²) in [5.74, 6) is -3.37. The van der Waals surface area contributed by atoms with Gasteiger partial charge in [-0.05, 0) is 30.5 Å². The zero-order valence-corrected chi connectivity index (χ0v) is 14.5. The number of carboxylic acids is 1. The van der Waals surface area contributed by atoms with E-state index in [1.54, 1.807) is 0 Å². The Morgan fingerprint density at radius 3 is 2.54 bits per heavy atom. The van der Waals surface area contributed by atoms with E-state index in [-0.39, 0.29) is 24.3 Å². The molecule has 0 radical (unpaired) electrons. The molecule has 8 nitrogen and oxygen atoms in total. The van der Waals surface area contributed by atoms with Crippen molar-refractivity contribution in [1.82, 2.24) is 4.90 Å². The van der Waals surface area contributed by atoms with Gasteiger partial charge in [0.15, 0.2) is 17.3 Å². The summed E-state index contributed by atoms with van der Waals surface area (Å²) in [5, 5.41) is 37.9. The smallest absolute Gasteiger partial charge is 0.326 e. The molecule has 1 saturated heterocycles. The van der Waals surface area contributed by atoms with Crippen LogP contribution in [-0.4, -0.2) is 61.7 Å². The van der Waals surface area contributed by atoms with E-state index >= 15 is 0 Å². The number of phenolic OH excluding ortho intramolecular Hbond substituents is 2. The third kappa shape index (κ3) is 4.51. The molecule has 1 fully saturated rings. The van der Waals surface area contributed by atoms with E-state index in [9.17, 15) is 29.7 Å². The first-order valence-corrected chi connectivity index (χ1v) is 8.45. The number of Topliss-reactive ketones (excluding diaryl/α,β-unsaturated/α-hetero) is 1. The molecule has 3 atom stereocenters. The highest BCUT2D eigenvalue weighted by molar-refractivity contribution is 5.91. The van der Waals surface area contributed by atoms with Crippen LogP contribution in [0.1, 0.15) is 31.7 Å². The van der Waals surface area contributed by atoms with Crippen molar-refractivity contribution in [1.29, 1.82) is 0 Å². The van der Waals surface area contributed by atoms with Crippen molar-refractivity contribution in [3.05, 3.63) is 23.8 Å². The number of aromatic hydroxyl groups is 2. The van der Waals surface area contributed by atoms with Crippen LogP contribution in [0.25, 0.3) is 0 Å². The first kappa shape index (κ1) is 19.7. The summed E-state index contributed by atoms with van der Waals surface area (Å²) in [5.41, 5.74) is 0.464. The van der Waals surface area contributed by atoms with Gasteiger partial charge in [-0.15, -0.1) is 0 Å². The average molecular weight is 365 g/mol. The summed E-state index contributed by atoms with van der Waals surface area (Å²) in [6, 6.07) is 3.13. The number of ketones is 1. The van der Waals surface area contributed by atoms with Gasteiger partial charge in [-0.25, -0.2) is 4.79 Å². The number of carboxylic acid groups (broad SMARTS) is 1. The van der Waals surface area contributed by atoms with Gasteiger partial charge in [0, 0.05) is 25.3 Å². The Morgan fingerprint density at radius 1 is 1.23 bits per heavy atom. The number of phenols is 2. The predicted molar refractivity (Wildman–Crippen MR) is 90.6 cm³/mol. The fraction of sp³-hybridized carbons (Fsp3) is 0.500. The average Bonchev–Trinajstić information content (AvgIpc) is 3.07. The SMILES string of the molecule is C[C@H](CC(=O)[C@H](O)Cc1ccc(O)c(O)c1)C(=O)N1CCC[C@H]1C(=O)O. The summed E-state index contributed by atoms with van der Waals surface area (Å²) >= 11 is 0. The second-order valence-electron chi connectivity index (χ2n) is 6.64. The van der Waals surface area contributed by atoms with E-state index in [0.717, 1.165) is 0 Å². The molecule has 0 bridgehead atoms. The molecule has 0 saturated carbocycles. The van der Waals surface area contributed by atoms with E-state index < -0.39 is 35.7 Å². The fourth-order valence-corrected chi connectivity index (χ4v) is 3.13. The molecule has 0 aromatic heterocycles. The molecule has 1 heterocycles. The number of hydrogen-bond acceptors (Lipinski definition) is 6. The van der Waals surface area contributed by atoms with Crippen molar-refractivity contribution in [2.24, 2.45) is 5.92 Å². The number of rotatable bonds is 7. The van der Waals surface area contributed by atoms with Crippen LogP contribution in [0.2, 0.25) is 0 Å². The third-order valence-electron chi connectivity index (χ3n) is 4.59. The van der Waals surface area contributed by atoms with Crippen LogP contribution in [0.3, 0.4) is 0 Å². The van der Waals surface area contributed by atoms with Crippen molar-refractivity contribution < 1.29 is 34.8 Å². The van der Waals surface area contributed by atoms with Crippen molar-refractivity contribution in [2.45, 2.75) is 44.8 Å². The van der Waals surface area contributed by atoms with Crippen LogP contribution in [0.15, 0.2) is 18.2 Å². The van der Waals surface area contributed by atoms with Gasteiger partial charge < -0.3 is 25.3 Å². The Bertz CT molecular complexity index is 703. The maximum atomic E-state index is 12.4. The zero-order valence-electron chi connectivity index (χ0n) is 14.5. The number of hydrogen-bond donors (Lipinski definition) is 4. The number of aliphatic hydroxyl groups excluding tert-OH is 1. The van der Waals surface area contributed by atoms with Gasteiger partial charge >= 0.3 is 5.97 Å². The molecule has 4 N–H and O–H groups in total. The Hall–Kier alpha value is -2.61. The van der Waals surface area contributed by atoms with Crippen molar-refractivity contribution in [3.8, 4) is 11.5 Å². The van der Waals surface area contributed by atoms with Gasteiger partial charge in [0.1, 0.15) is 12.1 Å². The maximum absolute atomic E-state index is 12.4. The number of aliphatic hydroxyl groups is 1. The zero-order chi connectivity index (χ0) is 19.4.